The van der Waals surface area contributed by atoms with Crippen LogP contribution in [-0.2, 0) is 14.6 Å². The maximum absolute atomic E-state index is 11.9. The molecule has 6 heteroatoms. The van der Waals surface area contributed by atoms with Crippen LogP contribution in [0.3, 0.4) is 0 Å². The van der Waals surface area contributed by atoms with Gasteiger partial charge in [-0.15, -0.1) is 0 Å². The fourth-order valence-electron chi connectivity index (χ4n) is 1.26. The van der Waals surface area contributed by atoms with E-state index in [4.69, 9.17) is 4.74 Å². The molecule has 0 spiro atoms. The Morgan fingerprint density at radius 3 is 2.28 bits per heavy atom. The minimum atomic E-state index is -3.01. The number of nitrogens with one attached hydrogen (secondary N) is 1. The maximum atomic E-state index is 11.9. The minimum absolute atomic E-state index is 0.213. The van der Waals surface area contributed by atoms with Gasteiger partial charge in [-0.3, -0.25) is 0 Å². The number of sulfone groups is 1. The molecule has 18 heavy (non-hydrogen) atoms. The Morgan fingerprint density at radius 2 is 1.78 bits per heavy atom. The molecular formula is C12H28N2O3S. The fraction of sp³-hybridized carbons (Fsp3) is 1.00. The molecule has 0 aliphatic carbocycles. The van der Waals surface area contributed by atoms with Crippen LogP contribution in [0, 0.1) is 0 Å². The van der Waals surface area contributed by atoms with Crippen LogP contribution in [0.4, 0.5) is 0 Å². The lowest BCUT2D eigenvalue weighted by Gasteiger charge is -2.22. The summed E-state index contributed by atoms with van der Waals surface area (Å²) < 4.78 is 28.1. The average molecular weight is 280 g/mol. The van der Waals surface area contributed by atoms with Crippen molar-refractivity contribution in [2.75, 3.05) is 52.7 Å². The minimum Gasteiger partial charge on any atom is -0.383 e. The van der Waals surface area contributed by atoms with Crippen molar-refractivity contribution in [3.63, 3.8) is 0 Å². The van der Waals surface area contributed by atoms with Gasteiger partial charge in [0.25, 0.3) is 0 Å². The van der Waals surface area contributed by atoms with E-state index in [1.165, 1.54) is 0 Å². The Morgan fingerprint density at radius 1 is 1.17 bits per heavy atom. The summed E-state index contributed by atoms with van der Waals surface area (Å²) >= 11 is 0. The van der Waals surface area contributed by atoms with Crippen LogP contribution < -0.4 is 5.32 Å². The Labute approximate surface area is 112 Å². The molecule has 0 aliphatic heterocycles. The molecule has 0 heterocycles. The van der Waals surface area contributed by atoms with E-state index >= 15 is 0 Å². The Balaban J connectivity index is 3.81. The highest BCUT2D eigenvalue weighted by Crippen LogP contribution is 2.15. The predicted octanol–water partition coefficient (Wildman–Crippen LogP) is 0.368. The highest BCUT2D eigenvalue weighted by molar-refractivity contribution is 7.92. The van der Waals surface area contributed by atoms with Crippen molar-refractivity contribution in [2.45, 2.75) is 25.5 Å². The third-order valence-corrected chi connectivity index (χ3v) is 5.41. The monoisotopic (exact) mass is 280 g/mol. The topological polar surface area (TPSA) is 58.6 Å². The number of ether oxygens (including phenoxy) is 1. The highest BCUT2D eigenvalue weighted by atomic mass is 32.2. The van der Waals surface area contributed by atoms with E-state index in [2.05, 4.69) is 5.32 Å². The second kappa shape index (κ2) is 8.09. The van der Waals surface area contributed by atoms with Crippen molar-refractivity contribution in [1.29, 1.82) is 0 Å². The lowest BCUT2D eigenvalue weighted by atomic mass is 10.3. The number of hydrogen-bond acceptors (Lipinski definition) is 5. The first kappa shape index (κ1) is 17.8. The van der Waals surface area contributed by atoms with Crippen LogP contribution in [0.2, 0.25) is 0 Å². The van der Waals surface area contributed by atoms with Crippen molar-refractivity contribution in [1.82, 2.24) is 10.2 Å². The molecule has 0 aromatic rings. The molecule has 0 aromatic carbocycles. The molecule has 1 N–H and O–H groups in total. The highest BCUT2D eigenvalue weighted by Gasteiger charge is 2.28. The van der Waals surface area contributed by atoms with Crippen molar-refractivity contribution in [3.05, 3.63) is 0 Å². The SMILES string of the molecule is COCCNCCN(C)CCS(=O)(=O)C(C)(C)C. The number of rotatable bonds is 9. The zero-order valence-electron chi connectivity index (χ0n) is 12.3. The van der Waals surface area contributed by atoms with Gasteiger partial charge in [-0.05, 0) is 27.8 Å². The van der Waals surface area contributed by atoms with E-state index in [1.807, 2.05) is 11.9 Å². The van der Waals surface area contributed by atoms with E-state index in [0.29, 0.717) is 13.2 Å². The first-order chi connectivity index (χ1) is 8.20. The summed E-state index contributed by atoms with van der Waals surface area (Å²) in [4.78, 5) is 2.03. The quantitative estimate of drug-likeness (QED) is 0.618. The third kappa shape index (κ3) is 7.31. The molecule has 0 saturated heterocycles. The number of likely N-dealkylation sites (N-methyl/N-ethyl adjacent to an activating group) is 1. The van der Waals surface area contributed by atoms with Crippen LogP contribution in [0.5, 0.6) is 0 Å². The second-order valence-electron chi connectivity index (χ2n) is 5.48. The van der Waals surface area contributed by atoms with Gasteiger partial charge in [0, 0.05) is 33.3 Å². The summed E-state index contributed by atoms with van der Waals surface area (Å²) in [6, 6.07) is 0. The number of methoxy groups -OCH3 is 1. The van der Waals surface area contributed by atoms with Crippen molar-refractivity contribution in [2.24, 2.45) is 0 Å². The molecule has 0 amide bonds. The average Bonchev–Trinajstić information content (AvgIpc) is 2.24. The summed E-state index contributed by atoms with van der Waals surface area (Å²) in [5.74, 6) is 0.213. The summed E-state index contributed by atoms with van der Waals surface area (Å²) in [5, 5.41) is 3.23. The molecule has 0 aliphatic rings. The second-order valence-corrected chi connectivity index (χ2v) is 8.34. The van der Waals surface area contributed by atoms with Crippen LogP contribution in [0.15, 0.2) is 0 Å². The molecule has 0 rings (SSSR count). The number of hydrogen-bond donors (Lipinski definition) is 1. The van der Waals surface area contributed by atoms with Gasteiger partial charge in [-0.2, -0.15) is 0 Å². The summed E-state index contributed by atoms with van der Waals surface area (Å²) in [6.07, 6.45) is 0. The molecule has 0 atom stereocenters. The van der Waals surface area contributed by atoms with Gasteiger partial charge in [-0.1, -0.05) is 0 Å². The largest absolute Gasteiger partial charge is 0.383 e. The van der Waals surface area contributed by atoms with Crippen LogP contribution in [-0.4, -0.2) is 70.8 Å². The molecule has 110 valence electrons. The fourth-order valence-corrected chi connectivity index (χ4v) is 2.43. The Bertz CT molecular complexity index is 310. The Hall–Kier alpha value is -0.170. The zero-order chi connectivity index (χ0) is 14.2. The summed E-state index contributed by atoms with van der Waals surface area (Å²) in [6.45, 7) is 9.01. The van der Waals surface area contributed by atoms with E-state index in [9.17, 15) is 8.42 Å². The molecule has 0 aromatic heterocycles. The smallest absolute Gasteiger partial charge is 0.156 e. The van der Waals surface area contributed by atoms with Gasteiger partial charge in [0.1, 0.15) is 0 Å². The third-order valence-electron chi connectivity index (χ3n) is 2.83. The van der Waals surface area contributed by atoms with E-state index < -0.39 is 14.6 Å². The zero-order valence-corrected chi connectivity index (χ0v) is 13.1. The van der Waals surface area contributed by atoms with Crippen molar-refractivity contribution >= 4 is 9.84 Å². The lowest BCUT2D eigenvalue weighted by Crippen LogP contribution is -2.37. The number of nitrogens with zero attached hydrogens (tertiary/aromatic N) is 1. The molecule has 5 nitrogen and oxygen atoms in total. The molecule has 0 bridgehead atoms. The van der Waals surface area contributed by atoms with Gasteiger partial charge >= 0.3 is 0 Å². The molecule has 0 saturated carbocycles. The standard InChI is InChI=1S/C12H28N2O3S/c1-12(2,3)18(15,16)11-9-14(4)8-6-13-7-10-17-5/h13H,6-11H2,1-5H3. The summed E-state index contributed by atoms with van der Waals surface area (Å²) in [5.41, 5.74) is 0. The van der Waals surface area contributed by atoms with Gasteiger partial charge in [0.2, 0.25) is 0 Å². The van der Waals surface area contributed by atoms with Crippen molar-refractivity contribution in [3.8, 4) is 0 Å². The van der Waals surface area contributed by atoms with Crippen molar-refractivity contribution < 1.29 is 13.2 Å². The summed E-state index contributed by atoms with van der Waals surface area (Å²) in [7, 11) is 0.598. The van der Waals surface area contributed by atoms with Crippen LogP contribution >= 0.6 is 0 Å². The van der Waals surface area contributed by atoms with Gasteiger partial charge in [-0.25, -0.2) is 8.42 Å². The van der Waals surface area contributed by atoms with E-state index in [1.54, 1.807) is 27.9 Å². The van der Waals surface area contributed by atoms with Gasteiger partial charge in [0.15, 0.2) is 9.84 Å². The van der Waals surface area contributed by atoms with E-state index in [-0.39, 0.29) is 5.75 Å². The maximum Gasteiger partial charge on any atom is 0.156 e. The van der Waals surface area contributed by atoms with E-state index in [0.717, 1.165) is 19.6 Å². The molecule has 0 fully saturated rings. The normalized spacial score (nSPS) is 13.2. The first-order valence-corrected chi connectivity index (χ1v) is 7.96. The van der Waals surface area contributed by atoms with Crippen LogP contribution in [0.25, 0.3) is 0 Å². The lowest BCUT2D eigenvalue weighted by molar-refractivity contribution is 0.198. The Kier molecular flexibility index (Phi) is 8.02. The van der Waals surface area contributed by atoms with Gasteiger partial charge in [0.05, 0.1) is 17.1 Å². The molecule has 0 unspecified atom stereocenters. The molecular weight excluding hydrogens is 252 g/mol. The predicted molar refractivity (Wildman–Crippen MR) is 75.8 cm³/mol. The van der Waals surface area contributed by atoms with Gasteiger partial charge < -0.3 is 15.0 Å². The first-order valence-electron chi connectivity index (χ1n) is 6.31. The van der Waals surface area contributed by atoms with Crippen LogP contribution in [0.1, 0.15) is 20.8 Å². The molecule has 0 radical (unpaired) electrons.